The lowest BCUT2D eigenvalue weighted by atomic mass is 10.1. The molecule has 1 unspecified atom stereocenters. The van der Waals surface area contributed by atoms with Gasteiger partial charge in [0.05, 0.1) is 13.0 Å². The Labute approximate surface area is 126 Å². The quantitative estimate of drug-likeness (QED) is 0.793. The predicted molar refractivity (Wildman–Crippen MR) is 76.4 cm³/mol. The molecule has 0 aromatic carbocycles. The molecule has 5 nitrogen and oxygen atoms in total. The van der Waals surface area contributed by atoms with Gasteiger partial charge >= 0.3 is 5.97 Å². The number of ether oxygens (including phenoxy) is 1. The molecule has 108 valence electrons. The van der Waals surface area contributed by atoms with Gasteiger partial charge in [-0.3, -0.25) is 9.59 Å². The molecule has 1 aliphatic heterocycles. The van der Waals surface area contributed by atoms with Gasteiger partial charge in [-0.1, -0.05) is 0 Å². The van der Waals surface area contributed by atoms with E-state index in [9.17, 15) is 9.59 Å². The number of esters is 1. The number of hydrogen-bond acceptors (Lipinski definition) is 3. The molecule has 2 heterocycles. The van der Waals surface area contributed by atoms with Gasteiger partial charge in [-0.05, 0) is 41.3 Å². The maximum atomic E-state index is 12.6. The summed E-state index contributed by atoms with van der Waals surface area (Å²) in [4.78, 5) is 25.9. The van der Waals surface area contributed by atoms with E-state index in [1.54, 1.807) is 4.90 Å². The SMILES string of the molecule is COC(=O)C1CCN(C(=O)c2cc(Br)cn2C2CC2)C1. The number of aromatic nitrogens is 1. The number of likely N-dealkylation sites (tertiary alicyclic amines) is 1. The molecule has 0 radical (unpaired) electrons. The summed E-state index contributed by atoms with van der Waals surface area (Å²) in [6.07, 6.45) is 4.92. The van der Waals surface area contributed by atoms with Crippen LogP contribution in [0.5, 0.6) is 0 Å². The first kappa shape index (κ1) is 13.7. The average molecular weight is 341 g/mol. The van der Waals surface area contributed by atoms with Crippen LogP contribution in [0.4, 0.5) is 0 Å². The number of halogens is 1. The van der Waals surface area contributed by atoms with Crippen molar-refractivity contribution < 1.29 is 14.3 Å². The highest BCUT2D eigenvalue weighted by Gasteiger charge is 2.35. The van der Waals surface area contributed by atoms with Crippen molar-refractivity contribution in [1.29, 1.82) is 0 Å². The van der Waals surface area contributed by atoms with Crippen molar-refractivity contribution in [1.82, 2.24) is 9.47 Å². The molecule has 1 aromatic rings. The van der Waals surface area contributed by atoms with Gasteiger partial charge in [-0.2, -0.15) is 0 Å². The third kappa shape index (κ3) is 2.49. The van der Waals surface area contributed by atoms with Gasteiger partial charge in [0.1, 0.15) is 5.69 Å². The van der Waals surface area contributed by atoms with E-state index < -0.39 is 0 Å². The van der Waals surface area contributed by atoms with Crippen molar-refractivity contribution in [3.8, 4) is 0 Å². The molecule has 2 fully saturated rings. The molecule has 1 atom stereocenters. The van der Waals surface area contributed by atoms with Gasteiger partial charge in [0.25, 0.3) is 5.91 Å². The van der Waals surface area contributed by atoms with E-state index in [1.807, 2.05) is 12.3 Å². The molecule has 0 N–H and O–H groups in total. The van der Waals surface area contributed by atoms with E-state index in [0.29, 0.717) is 31.2 Å². The minimum absolute atomic E-state index is 0.00834. The van der Waals surface area contributed by atoms with Crippen molar-refractivity contribution in [2.75, 3.05) is 20.2 Å². The summed E-state index contributed by atoms with van der Waals surface area (Å²) in [5.74, 6) is -0.398. The number of hydrogen-bond donors (Lipinski definition) is 0. The van der Waals surface area contributed by atoms with Gasteiger partial charge in [-0.25, -0.2) is 0 Å². The number of nitrogens with zero attached hydrogens (tertiary/aromatic N) is 2. The van der Waals surface area contributed by atoms with E-state index in [2.05, 4.69) is 20.5 Å². The van der Waals surface area contributed by atoms with Gasteiger partial charge in [0.15, 0.2) is 0 Å². The van der Waals surface area contributed by atoms with E-state index in [1.165, 1.54) is 7.11 Å². The predicted octanol–water partition coefficient (Wildman–Crippen LogP) is 2.22. The minimum atomic E-state index is -0.223. The Balaban J connectivity index is 1.75. The fraction of sp³-hybridized carbons (Fsp3) is 0.571. The smallest absolute Gasteiger partial charge is 0.310 e. The zero-order chi connectivity index (χ0) is 14.3. The molecule has 1 saturated carbocycles. The van der Waals surface area contributed by atoms with Crippen LogP contribution in [0.2, 0.25) is 0 Å². The fourth-order valence-electron chi connectivity index (χ4n) is 2.74. The first-order valence-electron chi connectivity index (χ1n) is 6.84. The molecule has 0 spiro atoms. The molecule has 1 saturated heterocycles. The zero-order valence-corrected chi connectivity index (χ0v) is 12.9. The maximum absolute atomic E-state index is 12.6. The third-order valence-corrected chi connectivity index (χ3v) is 4.42. The molecule has 1 aliphatic carbocycles. The monoisotopic (exact) mass is 340 g/mol. The van der Waals surface area contributed by atoms with Crippen LogP contribution >= 0.6 is 15.9 Å². The lowest BCUT2D eigenvalue weighted by molar-refractivity contribution is -0.144. The van der Waals surface area contributed by atoms with Crippen molar-refractivity contribution in [3.05, 3.63) is 22.4 Å². The molecule has 1 aromatic heterocycles. The highest BCUT2D eigenvalue weighted by Crippen LogP contribution is 2.38. The Morgan fingerprint density at radius 2 is 2.10 bits per heavy atom. The highest BCUT2D eigenvalue weighted by molar-refractivity contribution is 9.10. The molecule has 3 rings (SSSR count). The van der Waals surface area contributed by atoms with Crippen molar-refractivity contribution in [3.63, 3.8) is 0 Å². The standard InChI is InChI=1S/C14H17BrN2O3/c1-20-14(19)9-4-5-16(7-9)13(18)12-6-10(15)8-17(12)11-2-3-11/h6,8-9,11H,2-5,7H2,1H3. The highest BCUT2D eigenvalue weighted by atomic mass is 79.9. The lowest BCUT2D eigenvalue weighted by Crippen LogP contribution is -2.31. The van der Waals surface area contributed by atoms with Gasteiger partial charge < -0.3 is 14.2 Å². The van der Waals surface area contributed by atoms with Crippen LogP contribution in [0, 0.1) is 5.92 Å². The molecule has 6 heteroatoms. The number of carbonyl (C=O) groups excluding carboxylic acids is 2. The number of rotatable bonds is 3. The summed E-state index contributed by atoms with van der Waals surface area (Å²) in [5, 5.41) is 0. The Hall–Kier alpha value is -1.30. The van der Waals surface area contributed by atoms with Gasteiger partial charge in [0, 0.05) is 29.8 Å². The van der Waals surface area contributed by atoms with Gasteiger partial charge in [0.2, 0.25) is 0 Å². The fourth-order valence-corrected chi connectivity index (χ4v) is 3.18. The van der Waals surface area contributed by atoms with Crippen LogP contribution in [0.25, 0.3) is 0 Å². The zero-order valence-electron chi connectivity index (χ0n) is 11.3. The molecular weight excluding hydrogens is 324 g/mol. The summed E-state index contributed by atoms with van der Waals surface area (Å²) in [7, 11) is 1.39. The normalized spacial score (nSPS) is 22.1. The summed E-state index contributed by atoms with van der Waals surface area (Å²) in [5.41, 5.74) is 0.713. The van der Waals surface area contributed by atoms with Crippen LogP contribution in [-0.4, -0.2) is 41.5 Å². The first-order valence-corrected chi connectivity index (χ1v) is 7.64. The van der Waals surface area contributed by atoms with Crippen molar-refractivity contribution in [2.24, 2.45) is 5.92 Å². The Kier molecular flexibility index (Phi) is 3.58. The second-order valence-electron chi connectivity index (χ2n) is 5.44. The third-order valence-electron chi connectivity index (χ3n) is 3.98. The molecule has 1 amide bonds. The Morgan fingerprint density at radius 1 is 1.35 bits per heavy atom. The Morgan fingerprint density at radius 3 is 2.75 bits per heavy atom. The van der Waals surface area contributed by atoms with Crippen LogP contribution in [0.15, 0.2) is 16.7 Å². The number of carbonyl (C=O) groups is 2. The molecule has 0 bridgehead atoms. The summed E-state index contributed by atoms with van der Waals surface area (Å²) in [6.45, 7) is 1.07. The second kappa shape index (κ2) is 5.24. The largest absolute Gasteiger partial charge is 0.469 e. The average Bonchev–Trinajstić information content (AvgIpc) is 3.03. The van der Waals surface area contributed by atoms with Crippen molar-refractivity contribution in [2.45, 2.75) is 25.3 Å². The Bertz CT molecular complexity index is 551. The minimum Gasteiger partial charge on any atom is -0.469 e. The molecule has 20 heavy (non-hydrogen) atoms. The van der Waals surface area contributed by atoms with Crippen LogP contribution < -0.4 is 0 Å². The van der Waals surface area contributed by atoms with Crippen LogP contribution in [0.3, 0.4) is 0 Å². The number of methoxy groups -OCH3 is 1. The lowest BCUT2D eigenvalue weighted by Gasteiger charge is -2.17. The molecule has 2 aliphatic rings. The van der Waals surface area contributed by atoms with E-state index in [0.717, 1.165) is 17.3 Å². The van der Waals surface area contributed by atoms with Crippen molar-refractivity contribution >= 4 is 27.8 Å². The maximum Gasteiger partial charge on any atom is 0.310 e. The topological polar surface area (TPSA) is 51.5 Å². The van der Waals surface area contributed by atoms with E-state index in [-0.39, 0.29) is 17.8 Å². The summed E-state index contributed by atoms with van der Waals surface area (Å²) >= 11 is 3.44. The summed E-state index contributed by atoms with van der Waals surface area (Å²) in [6, 6.07) is 2.32. The molecular formula is C14H17BrN2O3. The second-order valence-corrected chi connectivity index (χ2v) is 6.36. The van der Waals surface area contributed by atoms with E-state index in [4.69, 9.17) is 4.74 Å². The number of amides is 1. The summed E-state index contributed by atoms with van der Waals surface area (Å²) < 4.78 is 7.74. The van der Waals surface area contributed by atoms with E-state index >= 15 is 0 Å². The van der Waals surface area contributed by atoms with Crippen LogP contribution in [-0.2, 0) is 9.53 Å². The van der Waals surface area contributed by atoms with Crippen LogP contribution in [0.1, 0.15) is 35.8 Å². The first-order chi connectivity index (χ1) is 9.60. The van der Waals surface area contributed by atoms with Gasteiger partial charge in [-0.15, -0.1) is 0 Å².